The van der Waals surface area contributed by atoms with Gasteiger partial charge in [-0.05, 0) is 58.2 Å². The maximum absolute atomic E-state index is 13.6. The lowest BCUT2D eigenvalue weighted by Crippen LogP contribution is -2.59. The van der Waals surface area contributed by atoms with Crippen LogP contribution in [0, 0.1) is 5.41 Å². The maximum atomic E-state index is 13.6. The van der Waals surface area contributed by atoms with E-state index in [1.165, 1.54) is 17.9 Å². The molecule has 3 rings (SSSR count). The lowest BCUT2D eigenvalue weighted by molar-refractivity contribution is -0.201. The van der Waals surface area contributed by atoms with Crippen LogP contribution in [0.25, 0.3) is 0 Å². The molecule has 1 saturated carbocycles. The summed E-state index contributed by atoms with van der Waals surface area (Å²) in [6, 6.07) is 2.33. The van der Waals surface area contributed by atoms with Gasteiger partial charge in [-0.25, -0.2) is 4.79 Å². The predicted molar refractivity (Wildman–Crippen MR) is 106 cm³/mol. The second-order valence-corrected chi connectivity index (χ2v) is 9.66. The van der Waals surface area contributed by atoms with Crippen molar-refractivity contribution < 1.29 is 40.7 Å². The van der Waals surface area contributed by atoms with Crippen molar-refractivity contribution in [2.24, 2.45) is 5.41 Å². The Morgan fingerprint density at radius 3 is 2.09 bits per heavy atom. The number of halogens is 6. The molecule has 0 spiro atoms. The number of amides is 2. The minimum absolute atomic E-state index is 0.0530. The summed E-state index contributed by atoms with van der Waals surface area (Å²) in [5, 5.41) is 0. The van der Waals surface area contributed by atoms with Crippen LogP contribution in [-0.4, -0.2) is 52.7 Å². The van der Waals surface area contributed by atoms with E-state index >= 15 is 0 Å². The Labute approximate surface area is 187 Å². The number of hydrogen-bond acceptors (Lipinski definition) is 3. The second kappa shape index (κ2) is 8.09. The van der Waals surface area contributed by atoms with Crippen LogP contribution < -0.4 is 0 Å². The summed E-state index contributed by atoms with van der Waals surface area (Å²) >= 11 is 0. The first-order valence-electron chi connectivity index (χ1n) is 10.5. The molecule has 1 aromatic rings. The summed E-state index contributed by atoms with van der Waals surface area (Å²) in [6.07, 6.45) is -10.9. The summed E-state index contributed by atoms with van der Waals surface area (Å²) in [7, 11) is 0. The molecule has 1 saturated heterocycles. The van der Waals surface area contributed by atoms with Crippen molar-refractivity contribution >= 4 is 12.0 Å². The average Bonchev–Trinajstić information content (AvgIpc) is 3.47. The second-order valence-electron chi connectivity index (χ2n) is 9.66. The summed E-state index contributed by atoms with van der Waals surface area (Å²) in [6.45, 7) is 5.80. The molecule has 33 heavy (non-hydrogen) atoms. The summed E-state index contributed by atoms with van der Waals surface area (Å²) in [5.74, 6) is -1.11. The minimum Gasteiger partial charge on any atom is -0.444 e. The van der Waals surface area contributed by atoms with E-state index in [1.807, 2.05) is 0 Å². The van der Waals surface area contributed by atoms with Crippen LogP contribution in [0.3, 0.4) is 0 Å². The lowest BCUT2D eigenvalue weighted by Gasteiger charge is -2.46. The van der Waals surface area contributed by atoms with Gasteiger partial charge >= 0.3 is 18.4 Å². The molecule has 2 amide bonds. The number of alkyl halides is 6. The molecular formula is C22H26F6N2O3. The van der Waals surface area contributed by atoms with Gasteiger partial charge in [0.1, 0.15) is 11.0 Å². The van der Waals surface area contributed by atoms with Crippen molar-refractivity contribution in [2.75, 3.05) is 13.1 Å². The first-order chi connectivity index (χ1) is 15.0. The van der Waals surface area contributed by atoms with Gasteiger partial charge in [-0.2, -0.15) is 26.3 Å². The molecule has 0 N–H and O–H groups in total. The molecule has 0 radical (unpaired) electrons. The molecule has 1 aliphatic carbocycles. The van der Waals surface area contributed by atoms with Gasteiger partial charge in [-0.3, -0.25) is 9.69 Å². The van der Waals surface area contributed by atoms with E-state index in [0.717, 1.165) is 23.1 Å². The van der Waals surface area contributed by atoms with Crippen molar-refractivity contribution in [2.45, 2.75) is 70.6 Å². The number of carbonyl (C=O) groups excluding carboxylic acids is 2. The molecule has 2 aliphatic rings. The predicted octanol–water partition coefficient (Wildman–Crippen LogP) is 5.56. The summed E-state index contributed by atoms with van der Waals surface area (Å²) < 4.78 is 85.9. The molecule has 0 unspecified atom stereocenters. The van der Waals surface area contributed by atoms with E-state index in [-0.39, 0.29) is 31.5 Å². The zero-order valence-corrected chi connectivity index (χ0v) is 18.7. The van der Waals surface area contributed by atoms with Crippen molar-refractivity contribution in [3.63, 3.8) is 0 Å². The van der Waals surface area contributed by atoms with Crippen molar-refractivity contribution in [3.05, 3.63) is 35.4 Å². The summed E-state index contributed by atoms with van der Waals surface area (Å²) in [4.78, 5) is 28.0. The molecule has 184 valence electrons. The monoisotopic (exact) mass is 480 g/mol. The Balaban J connectivity index is 1.99. The topological polar surface area (TPSA) is 49.9 Å². The van der Waals surface area contributed by atoms with Crippen LogP contribution in [0.5, 0.6) is 0 Å². The number of nitrogens with zero attached hydrogens (tertiary/aromatic N) is 2. The van der Waals surface area contributed by atoms with Gasteiger partial charge in [-0.1, -0.05) is 12.1 Å². The molecule has 2 fully saturated rings. The largest absolute Gasteiger partial charge is 0.444 e. The Hall–Kier alpha value is -2.46. The fourth-order valence-electron chi connectivity index (χ4n) is 4.01. The normalized spacial score (nSPS) is 23.3. The Morgan fingerprint density at radius 1 is 1.00 bits per heavy atom. The first kappa shape index (κ1) is 25.2. The van der Waals surface area contributed by atoms with E-state index in [9.17, 15) is 35.9 Å². The van der Waals surface area contributed by atoms with Gasteiger partial charge in [0.25, 0.3) is 0 Å². The van der Waals surface area contributed by atoms with E-state index in [2.05, 4.69) is 0 Å². The fourth-order valence-corrected chi connectivity index (χ4v) is 4.01. The van der Waals surface area contributed by atoms with Crippen LogP contribution in [0.15, 0.2) is 24.3 Å². The van der Waals surface area contributed by atoms with Gasteiger partial charge in [-0.15, -0.1) is 0 Å². The Bertz CT molecular complexity index is 918. The lowest BCUT2D eigenvalue weighted by atomic mass is 9.95. The number of piperazine rings is 1. The Kier molecular flexibility index (Phi) is 6.17. The molecule has 0 aromatic heterocycles. The third-order valence-electron chi connectivity index (χ3n) is 5.93. The molecule has 5 nitrogen and oxygen atoms in total. The third-order valence-corrected chi connectivity index (χ3v) is 5.93. The van der Waals surface area contributed by atoms with Crippen LogP contribution in [0.2, 0.25) is 0 Å². The van der Waals surface area contributed by atoms with Gasteiger partial charge < -0.3 is 9.64 Å². The van der Waals surface area contributed by atoms with Crippen molar-refractivity contribution in [3.8, 4) is 0 Å². The average molecular weight is 480 g/mol. The highest BCUT2D eigenvalue weighted by atomic mass is 19.4. The molecule has 1 aliphatic heterocycles. The summed E-state index contributed by atoms with van der Waals surface area (Å²) in [5.41, 5.74) is -4.28. The standard InChI is InChI=1S/C22H26F6N2O3/c1-13-11-30(18(32)33-19(2,3)4)16(14-6-5-7-15(10-14)21(23,24)25)12-29(13)17(31)20(8-9-20)22(26,27)28/h5-7,10,13,16H,8-9,11-12H2,1-4H3/t13-,16-/m1/s1. The number of benzene rings is 1. The number of carbonyl (C=O) groups is 2. The van der Waals surface area contributed by atoms with Gasteiger partial charge in [0, 0.05) is 19.1 Å². The number of hydrogen-bond donors (Lipinski definition) is 0. The van der Waals surface area contributed by atoms with Gasteiger partial charge in [0.2, 0.25) is 5.91 Å². The SMILES string of the molecule is C[C@@H]1CN(C(=O)OC(C)(C)C)[C@@H](c2cccc(C(F)(F)F)c2)CN1C(=O)C1(C(F)(F)F)CC1. The molecule has 0 bridgehead atoms. The highest BCUT2D eigenvalue weighted by Crippen LogP contribution is 2.59. The van der Waals surface area contributed by atoms with Crippen LogP contribution >= 0.6 is 0 Å². The zero-order chi connectivity index (χ0) is 25.0. The van der Waals surface area contributed by atoms with E-state index < -0.39 is 53.0 Å². The van der Waals surface area contributed by atoms with Gasteiger partial charge in [0.15, 0.2) is 0 Å². The van der Waals surface area contributed by atoms with Crippen molar-refractivity contribution in [1.82, 2.24) is 9.80 Å². The fraction of sp³-hybridized carbons (Fsp3) is 0.636. The molecule has 1 heterocycles. The quantitative estimate of drug-likeness (QED) is 0.521. The number of rotatable bonds is 2. The van der Waals surface area contributed by atoms with E-state index in [0.29, 0.717) is 0 Å². The highest BCUT2D eigenvalue weighted by Gasteiger charge is 2.70. The van der Waals surface area contributed by atoms with Crippen LogP contribution in [0.1, 0.15) is 57.7 Å². The third kappa shape index (κ3) is 5.06. The van der Waals surface area contributed by atoms with Gasteiger partial charge in [0.05, 0.1) is 11.6 Å². The maximum Gasteiger partial charge on any atom is 0.416 e. The Morgan fingerprint density at radius 2 is 1.61 bits per heavy atom. The molecule has 1 aromatic carbocycles. The minimum atomic E-state index is -4.72. The number of ether oxygens (including phenoxy) is 1. The zero-order valence-electron chi connectivity index (χ0n) is 18.7. The van der Waals surface area contributed by atoms with E-state index in [1.54, 1.807) is 20.8 Å². The highest BCUT2D eigenvalue weighted by molar-refractivity contribution is 5.87. The van der Waals surface area contributed by atoms with Crippen molar-refractivity contribution in [1.29, 1.82) is 0 Å². The van der Waals surface area contributed by atoms with Crippen LogP contribution in [-0.2, 0) is 15.7 Å². The van der Waals surface area contributed by atoms with E-state index in [4.69, 9.17) is 4.74 Å². The molecular weight excluding hydrogens is 454 g/mol. The smallest absolute Gasteiger partial charge is 0.416 e. The van der Waals surface area contributed by atoms with Crippen LogP contribution in [0.4, 0.5) is 31.1 Å². The first-order valence-corrected chi connectivity index (χ1v) is 10.5. The molecule has 2 atom stereocenters. The molecule has 11 heteroatoms.